The molecule has 2 aliphatic rings. The number of carbonyl (C=O) groups excluding carboxylic acids is 1. The lowest BCUT2D eigenvalue weighted by Gasteiger charge is -2.30. The van der Waals surface area contributed by atoms with Gasteiger partial charge >= 0.3 is 0 Å². The summed E-state index contributed by atoms with van der Waals surface area (Å²) in [5.41, 5.74) is 3.72. The molecule has 1 aromatic carbocycles. The van der Waals surface area contributed by atoms with E-state index < -0.39 is 0 Å². The van der Waals surface area contributed by atoms with Crippen molar-refractivity contribution in [2.45, 2.75) is 19.8 Å². The van der Waals surface area contributed by atoms with E-state index in [0.29, 0.717) is 37.9 Å². The number of aryl methyl sites for hydroxylation is 2. The van der Waals surface area contributed by atoms with Gasteiger partial charge in [-0.05, 0) is 37.5 Å². The minimum Gasteiger partial charge on any atom is -0.378 e. The Balaban J connectivity index is 1.68. The zero-order chi connectivity index (χ0) is 17.2. The third-order valence-electron chi connectivity index (χ3n) is 4.71. The first kappa shape index (κ1) is 16.0. The Morgan fingerprint density at radius 3 is 2.76 bits per heavy atom. The summed E-state index contributed by atoms with van der Waals surface area (Å²) < 4.78 is 5.33. The summed E-state index contributed by atoms with van der Waals surface area (Å²) in [6, 6.07) is 10.1. The molecule has 0 radical (unpaired) electrons. The fraction of sp³-hybridized carbons (Fsp3) is 0.421. The monoisotopic (exact) mass is 338 g/mol. The number of hydrogen-bond donors (Lipinski definition) is 0. The van der Waals surface area contributed by atoms with Gasteiger partial charge in [0.15, 0.2) is 0 Å². The van der Waals surface area contributed by atoms with Crippen molar-refractivity contribution in [1.29, 1.82) is 0 Å². The molecule has 0 unspecified atom stereocenters. The summed E-state index contributed by atoms with van der Waals surface area (Å²) in [5.74, 6) is 0.573. The van der Waals surface area contributed by atoms with E-state index >= 15 is 0 Å². The quantitative estimate of drug-likeness (QED) is 0.841. The van der Waals surface area contributed by atoms with Crippen molar-refractivity contribution < 1.29 is 9.53 Å². The smallest absolute Gasteiger partial charge is 0.272 e. The summed E-state index contributed by atoms with van der Waals surface area (Å²) >= 11 is 0. The maximum Gasteiger partial charge on any atom is 0.272 e. The van der Waals surface area contributed by atoms with E-state index in [4.69, 9.17) is 4.74 Å². The molecule has 1 aromatic heterocycles. The van der Waals surface area contributed by atoms with E-state index in [1.807, 2.05) is 13.0 Å². The van der Waals surface area contributed by atoms with E-state index in [-0.39, 0.29) is 5.91 Å². The highest BCUT2D eigenvalue weighted by atomic mass is 16.5. The van der Waals surface area contributed by atoms with Crippen LogP contribution in [0.4, 0.5) is 11.6 Å². The molecule has 1 saturated heterocycles. The maximum absolute atomic E-state index is 12.8. The fourth-order valence-corrected chi connectivity index (χ4v) is 3.45. The number of nitrogens with zero attached hydrogens (tertiary/aromatic N) is 4. The van der Waals surface area contributed by atoms with Gasteiger partial charge in [0, 0.05) is 31.0 Å². The minimum absolute atomic E-state index is 0.0413. The van der Waals surface area contributed by atoms with Crippen molar-refractivity contribution in [3.8, 4) is 0 Å². The molecule has 6 nitrogen and oxygen atoms in total. The van der Waals surface area contributed by atoms with Crippen LogP contribution in [0, 0.1) is 6.92 Å². The van der Waals surface area contributed by atoms with Crippen LogP contribution >= 0.6 is 0 Å². The third kappa shape index (κ3) is 3.22. The van der Waals surface area contributed by atoms with Crippen molar-refractivity contribution in [1.82, 2.24) is 14.9 Å². The fourth-order valence-electron chi connectivity index (χ4n) is 3.45. The van der Waals surface area contributed by atoms with E-state index in [9.17, 15) is 4.79 Å². The van der Waals surface area contributed by atoms with Crippen molar-refractivity contribution in [3.63, 3.8) is 0 Å². The highest BCUT2D eigenvalue weighted by molar-refractivity contribution is 5.93. The Labute approximate surface area is 147 Å². The summed E-state index contributed by atoms with van der Waals surface area (Å²) in [6.07, 6.45) is 2.12. The van der Waals surface area contributed by atoms with E-state index in [1.54, 1.807) is 11.0 Å². The van der Waals surface area contributed by atoms with E-state index in [1.165, 1.54) is 5.56 Å². The number of amides is 1. The highest BCUT2D eigenvalue weighted by Gasteiger charge is 2.24. The Kier molecular flexibility index (Phi) is 4.36. The largest absolute Gasteiger partial charge is 0.378 e. The number of para-hydroxylation sites is 1. The zero-order valence-electron chi connectivity index (χ0n) is 14.4. The lowest BCUT2D eigenvalue weighted by atomic mass is 10.0. The topological polar surface area (TPSA) is 58.6 Å². The number of rotatable bonds is 2. The van der Waals surface area contributed by atoms with Crippen LogP contribution in [0.15, 0.2) is 30.3 Å². The SMILES string of the molecule is Cc1cc(C(=O)N2CCOCC2)nc(N2CCCc3ccccc32)n1. The van der Waals surface area contributed by atoms with Crippen LogP contribution in [-0.2, 0) is 11.2 Å². The van der Waals surface area contributed by atoms with Gasteiger partial charge in [0.05, 0.1) is 13.2 Å². The van der Waals surface area contributed by atoms with Crippen LogP contribution in [0.25, 0.3) is 0 Å². The molecule has 0 bridgehead atoms. The zero-order valence-corrected chi connectivity index (χ0v) is 14.4. The number of morpholine rings is 1. The van der Waals surface area contributed by atoms with Crippen molar-refractivity contribution in [2.24, 2.45) is 0 Å². The Morgan fingerprint density at radius 1 is 1.12 bits per heavy atom. The van der Waals surface area contributed by atoms with E-state index in [0.717, 1.165) is 30.8 Å². The number of anilines is 2. The Bertz CT molecular complexity index is 787. The van der Waals surface area contributed by atoms with Crippen molar-refractivity contribution in [3.05, 3.63) is 47.3 Å². The molecule has 25 heavy (non-hydrogen) atoms. The molecule has 0 N–H and O–H groups in total. The van der Waals surface area contributed by atoms with Gasteiger partial charge in [-0.25, -0.2) is 9.97 Å². The van der Waals surface area contributed by atoms with Crippen LogP contribution in [0.1, 0.15) is 28.2 Å². The van der Waals surface area contributed by atoms with Crippen LogP contribution in [-0.4, -0.2) is 53.6 Å². The second-order valence-electron chi connectivity index (χ2n) is 6.48. The third-order valence-corrected chi connectivity index (χ3v) is 4.71. The first-order valence-electron chi connectivity index (χ1n) is 8.80. The Morgan fingerprint density at radius 2 is 1.92 bits per heavy atom. The lowest BCUT2D eigenvalue weighted by molar-refractivity contribution is 0.0299. The number of ether oxygens (including phenoxy) is 1. The molecule has 0 atom stereocenters. The second kappa shape index (κ2) is 6.80. The molecule has 0 aliphatic carbocycles. The summed E-state index contributed by atoms with van der Waals surface area (Å²) in [4.78, 5) is 25.9. The molecule has 6 heteroatoms. The number of aromatic nitrogens is 2. The predicted molar refractivity (Wildman–Crippen MR) is 95.3 cm³/mol. The maximum atomic E-state index is 12.8. The van der Waals surface area contributed by atoms with Gasteiger partial charge in [-0.2, -0.15) is 0 Å². The van der Waals surface area contributed by atoms with Gasteiger partial charge in [-0.1, -0.05) is 18.2 Å². The van der Waals surface area contributed by atoms with Gasteiger partial charge in [0.2, 0.25) is 5.95 Å². The normalized spacial score (nSPS) is 17.3. The molecule has 4 rings (SSSR count). The molecule has 2 aromatic rings. The average molecular weight is 338 g/mol. The first-order chi connectivity index (χ1) is 12.2. The molecule has 1 amide bonds. The molecule has 1 fully saturated rings. The van der Waals surface area contributed by atoms with Gasteiger partial charge in [0.1, 0.15) is 5.69 Å². The molecule has 3 heterocycles. The molecule has 0 spiro atoms. The van der Waals surface area contributed by atoms with E-state index in [2.05, 4.69) is 33.1 Å². The van der Waals surface area contributed by atoms with Gasteiger partial charge in [-0.15, -0.1) is 0 Å². The molecule has 130 valence electrons. The van der Waals surface area contributed by atoms with Crippen LogP contribution in [0.2, 0.25) is 0 Å². The summed E-state index contributed by atoms with van der Waals surface area (Å²) in [5, 5.41) is 0. The van der Waals surface area contributed by atoms with Gasteiger partial charge < -0.3 is 14.5 Å². The lowest BCUT2D eigenvalue weighted by Crippen LogP contribution is -2.41. The van der Waals surface area contributed by atoms with Crippen LogP contribution in [0.3, 0.4) is 0 Å². The van der Waals surface area contributed by atoms with Crippen LogP contribution < -0.4 is 4.90 Å². The van der Waals surface area contributed by atoms with Crippen LogP contribution in [0.5, 0.6) is 0 Å². The van der Waals surface area contributed by atoms with Gasteiger partial charge in [-0.3, -0.25) is 4.79 Å². The first-order valence-corrected chi connectivity index (χ1v) is 8.80. The molecular weight excluding hydrogens is 316 g/mol. The van der Waals surface area contributed by atoms with Crippen molar-refractivity contribution >= 4 is 17.5 Å². The highest BCUT2D eigenvalue weighted by Crippen LogP contribution is 2.31. The van der Waals surface area contributed by atoms with Crippen molar-refractivity contribution in [2.75, 3.05) is 37.7 Å². The summed E-state index contributed by atoms with van der Waals surface area (Å²) in [6.45, 7) is 5.18. The predicted octanol–water partition coefficient (Wildman–Crippen LogP) is 2.34. The number of hydrogen-bond acceptors (Lipinski definition) is 5. The minimum atomic E-state index is -0.0413. The second-order valence-corrected chi connectivity index (χ2v) is 6.48. The molecule has 2 aliphatic heterocycles. The number of fused-ring (bicyclic) bond motifs is 1. The summed E-state index contributed by atoms with van der Waals surface area (Å²) in [7, 11) is 0. The standard InChI is InChI=1S/C19H22N4O2/c1-14-13-16(18(24)22-9-11-25-12-10-22)21-19(20-14)23-8-4-6-15-5-2-3-7-17(15)23/h2-3,5,7,13H,4,6,8-12H2,1H3. The number of carbonyl (C=O) groups is 1. The average Bonchev–Trinajstić information content (AvgIpc) is 2.67. The Hall–Kier alpha value is -2.47. The molecule has 0 saturated carbocycles. The molecular formula is C19H22N4O2. The van der Waals surface area contributed by atoms with Gasteiger partial charge in [0.25, 0.3) is 5.91 Å². The number of benzene rings is 1.